The molecule has 0 radical (unpaired) electrons. The van der Waals surface area contributed by atoms with Crippen LogP contribution in [0.15, 0.2) is 54.6 Å². The zero-order chi connectivity index (χ0) is 20.3. The molecule has 5 nitrogen and oxygen atoms in total. The first-order valence-corrected chi connectivity index (χ1v) is 10.1. The topological polar surface area (TPSA) is 56.0 Å². The average Bonchev–Trinajstić information content (AvgIpc) is 3.32. The van der Waals surface area contributed by atoms with E-state index in [4.69, 9.17) is 0 Å². The Bertz CT molecular complexity index is 1680. The van der Waals surface area contributed by atoms with Crippen LogP contribution in [0.4, 0.5) is 0 Å². The van der Waals surface area contributed by atoms with Crippen LogP contribution in [0, 0.1) is 0 Å². The second kappa shape index (κ2) is 5.00. The normalized spacial score (nSPS) is 17.9. The number of para-hydroxylation sites is 2. The van der Waals surface area contributed by atoms with Crippen LogP contribution in [-0.2, 0) is 0 Å². The van der Waals surface area contributed by atoms with E-state index in [1.807, 2.05) is 36.4 Å². The molecule has 2 amide bonds. The fraction of sp³-hybridized carbons (Fsp3) is 0.120. The first-order chi connectivity index (χ1) is 14.6. The van der Waals surface area contributed by atoms with E-state index < -0.39 is 0 Å². The first-order valence-electron chi connectivity index (χ1n) is 10.1. The molecule has 5 aromatic rings. The van der Waals surface area contributed by atoms with Crippen molar-refractivity contribution in [3.63, 3.8) is 0 Å². The zero-order valence-electron chi connectivity index (χ0n) is 16.5. The molecule has 4 heterocycles. The lowest BCUT2D eigenvalue weighted by Gasteiger charge is -2.12. The fourth-order valence-corrected chi connectivity index (χ4v) is 5.69. The summed E-state index contributed by atoms with van der Waals surface area (Å²) in [5.41, 5.74) is 6.27. The van der Waals surface area contributed by atoms with Gasteiger partial charge in [-0.05, 0) is 32.1 Å². The summed E-state index contributed by atoms with van der Waals surface area (Å²) in [6, 6.07) is 16.4. The molecule has 3 aromatic carbocycles. The van der Waals surface area contributed by atoms with E-state index >= 15 is 0 Å². The largest absolute Gasteiger partial charge is 0.332 e. The van der Waals surface area contributed by atoms with E-state index in [-0.39, 0.29) is 17.9 Å². The number of aromatic nitrogens is 2. The van der Waals surface area contributed by atoms with Crippen LogP contribution < -0.4 is 5.32 Å². The molecule has 144 valence electrons. The number of rotatable bonds is 0. The van der Waals surface area contributed by atoms with Crippen LogP contribution in [0.3, 0.4) is 0 Å². The quantitative estimate of drug-likeness (QED) is 0.368. The fourth-order valence-electron chi connectivity index (χ4n) is 5.69. The van der Waals surface area contributed by atoms with Gasteiger partial charge in [0, 0.05) is 32.8 Å². The van der Waals surface area contributed by atoms with Gasteiger partial charge in [0.2, 0.25) is 0 Å². The Balaban J connectivity index is 1.97. The highest BCUT2D eigenvalue weighted by molar-refractivity contribution is 6.39. The highest BCUT2D eigenvalue weighted by Crippen LogP contribution is 2.47. The molecule has 2 aliphatic heterocycles. The van der Waals surface area contributed by atoms with Crippen molar-refractivity contribution in [1.82, 2.24) is 14.5 Å². The number of imide groups is 1. The molecule has 1 N–H and O–H groups in total. The molecule has 0 saturated heterocycles. The van der Waals surface area contributed by atoms with Crippen LogP contribution in [0.5, 0.6) is 0 Å². The third-order valence-corrected chi connectivity index (χ3v) is 6.68. The number of hydrogen-bond acceptors (Lipinski definition) is 2. The molecular weight excluding hydrogens is 374 g/mol. The van der Waals surface area contributed by atoms with E-state index in [2.05, 4.69) is 46.5 Å². The summed E-state index contributed by atoms with van der Waals surface area (Å²) >= 11 is 0. The minimum atomic E-state index is -0.310. The maximum Gasteiger partial charge on any atom is 0.259 e. The number of fused-ring (bicyclic) bond motifs is 9. The number of nitrogens with zero attached hydrogens (tertiary/aromatic N) is 2. The predicted octanol–water partition coefficient (Wildman–Crippen LogP) is 5.22. The van der Waals surface area contributed by atoms with Gasteiger partial charge in [-0.1, -0.05) is 36.4 Å². The highest BCUT2D eigenvalue weighted by atomic mass is 16.2. The third-order valence-electron chi connectivity index (χ3n) is 6.68. The van der Waals surface area contributed by atoms with E-state index in [1.165, 1.54) is 0 Å². The zero-order valence-corrected chi connectivity index (χ0v) is 16.5. The molecule has 1 unspecified atom stereocenters. The van der Waals surface area contributed by atoms with E-state index in [9.17, 15) is 9.59 Å². The monoisotopic (exact) mass is 391 g/mol. The lowest BCUT2D eigenvalue weighted by molar-refractivity contribution is 0.0880. The van der Waals surface area contributed by atoms with Gasteiger partial charge in [0.1, 0.15) is 0 Å². The number of nitrogens with one attached hydrogen (secondary N) is 1. The first kappa shape index (κ1) is 16.0. The van der Waals surface area contributed by atoms with Crippen LogP contribution >= 0.6 is 0 Å². The molecule has 0 aliphatic carbocycles. The second-order valence-corrected chi connectivity index (χ2v) is 8.27. The lowest BCUT2D eigenvalue weighted by atomic mass is 9.96. The van der Waals surface area contributed by atoms with Crippen molar-refractivity contribution in [3.8, 4) is 0 Å². The van der Waals surface area contributed by atoms with Crippen LogP contribution in [0.25, 0.3) is 49.3 Å². The van der Waals surface area contributed by atoms with Crippen molar-refractivity contribution in [3.05, 3.63) is 65.7 Å². The van der Waals surface area contributed by atoms with E-state index in [1.54, 1.807) is 0 Å². The molecule has 30 heavy (non-hydrogen) atoms. The van der Waals surface area contributed by atoms with Gasteiger partial charge < -0.3 is 9.13 Å². The van der Waals surface area contributed by atoms with Gasteiger partial charge >= 0.3 is 0 Å². The van der Waals surface area contributed by atoms with Gasteiger partial charge in [-0.2, -0.15) is 0 Å². The summed E-state index contributed by atoms with van der Waals surface area (Å²) in [5, 5.41) is 6.30. The van der Waals surface area contributed by atoms with Crippen molar-refractivity contribution in [1.29, 1.82) is 0 Å². The second-order valence-electron chi connectivity index (χ2n) is 8.27. The minimum Gasteiger partial charge on any atom is -0.332 e. The molecule has 0 bridgehead atoms. The smallest absolute Gasteiger partial charge is 0.259 e. The number of hydrogen-bond donors (Lipinski definition) is 1. The van der Waals surface area contributed by atoms with Gasteiger partial charge in [-0.15, -0.1) is 0 Å². The summed E-state index contributed by atoms with van der Waals surface area (Å²) < 4.78 is 4.57. The van der Waals surface area contributed by atoms with Crippen LogP contribution in [0.1, 0.15) is 40.6 Å². The molecule has 0 fully saturated rings. The number of carbonyl (C=O) groups is 2. The Morgan fingerprint density at radius 1 is 0.800 bits per heavy atom. The van der Waals surface area contributed by atoms with E-state index in [0.29, 0.717) is 11.1 Å². The number of allylic oxidation sites excluding steroid dienone is 2. The number of carbonyl (C=O) groups excluding carboxylic acids is 2. The molecule has 1 atom stereocenters. The van der Waals surface area contributed by atoms with Crippen molar-refractivity contribution >= 4 is 61.1 Å². The Morgan fingerprint density at radius 2 is 1.37 bits per heavy atom. The molecular formula is C25H17N3O2. The number of benzene rings is 3. The number of amides is 2. The van der Waals surface area contributed by atoms with Gasteiger partial charge in [0.15, 0.2) is 0 Å². The van der Waals surface area contributed by atoms with Crippen molar-refractivity contribution < 1.29 is 9.59 Å². The summed E-state index contributed by atoms with van der Waals surface area (Å²) in [5.74, 6) is -0.617. The lowest BCUT2D eigenvalue weighted by Crippen LogP contribution is -2.20. The molecule has 0 saturated carbocycles. The summed E-state index contributed by atoms with van der Waals surface area (Å²) in [6.07, 6.45) is 2.25. The molecule has 5 heteroatoms. The average molecular weight is 391 g/mol. The Labute approximate surface area is 171 Å². The standard InChI is InChI=1S/C25H17N3O2/c1-12-11-13(2)28-17-10-6-4-8-15(17)19-21-20(24(29)26-25(21)30)18-14-7-3-5-9-16(14)27(12)22(18)23(19)28/h3-12H,1-2H3,(H,26,29,30). The molecule has 0 spiro atoms. The van der Waals surface area contributed by atoms with Gasteiger partial charge in [0.25, 0.3) is 11.8 Å². The van der Waals surface area contributed by atoms with Crippen molar-refractivity contribution in [2.45, 2.75) is 19.9 Å². The Kier molecular flexibility index (Phi) is 2.66. The molecule has 2 aliphatic rings. The maximum atomic E-state index is 13.0. The maximum absolute atomic E-state index is 13.0. The summed E-state index contributed by atoms with van der Waals surface area (Å²) in [7, 11) is 0. The summed E-state index contributed by atoms with van der Waals surface area (Å²) in [6.45, 7) is 4.29. The van der Waals surface area contributed by atoms with Gasteiger partial charge in [0.05, 0.1) is 33.7 Å². The SMILES string of the molecule is CC1=CC(C)n2c3ccccc3c3c4c(c5c6ccccc6n1c5c32)C(=O)NC4=O. The Hall–Kier alpha value is -3.86. The Morgan fingerprint density at radius 3 is 2.07 bits per heavy atom. The van der Waals surface area contributed by atoms with Gasteiger partial charge in [-0.25, -0.2) is 0 Å². The van der Waals surface area contributed by atoms with Crippen molar-refractivity contribution in [2.75, 3.05) is 0 Å². The minimum absolute atomic E-state index is 0.104. The van der Waals surface area contributed by atoms with Gasteiger partial charge in [-0.3, -0.25) is 14.9 Å². The van der Waals surface area contributed by atoms with Crippen LogP contribution in [-0.4, -0.2) is 20.9 Å². The van der Waals surface area contributed by atoms with Crippen molar-refractivity contribution in [2.24, 2.45) is 0 Å². The highest BCUT2D eigenvalue weighted by Gasteiger charge is 2.37. The van der Waals surface area contributed by atoms with Crippen LogP contribution in [0.2, 0.25) is 0 Å². The predicted molar refractivity (Wildman–Crippen MR) is 119 cm³/mol. The molecule has 2 aromatic heterocycles. The van der Waals surface area contributed by atoms with E-state index in [0.717, 1.165) is 49.3 Å². The third kappa shape index (κ3) is 1.59. The summed E-state index contributed by atoms with van der Waals surface area (Å²) in [4.78, 5) is 26.0. The molecule has 7 rings (SSSR count).